The largest absolute Gasteiger partial charge is 0.497 e. The van der Waals surface area contributed by atoms with E-state index in [1.54, 1.807) is 7.11 Å². The molecule has 7 heteroatoms. The summed E-state index contributed by atoms with van der Waals surface area (Å²) in [5.41, 5.74) is 6.08. The second-order valence-electron chi connectivity index (χ2n) is 9.71. The highest BCUT2D eigenvalue weighted by molar-refractivity contribution is 5.76. The van der Waals surface area contributed by atoms with Gasteiger partial charge in [0.05, 0.1) is 36.8 Å². The Hall–Kier alpha value is -4.78. The number of para-hydroxylation sites is 1. The molecule has 0 bridgehead atoms. The van der Waals surface area contributed by atoms with E-state index < -0.39 is 0 Å². The van der Waals surface area contributed by atoms with E-state index in [1.165, 1.54) is 5.56 Å². The third kappa shape index (κ3) is 4.68. The Morgan fingerprint density at radius 3 is 2.38 bits per heavy atom. The minimum atomic E-state index is -0.307. The Morgan fingerprint density at radius 1 is 0.949 bits per heavy atom. The number of rotatable bonds is 6. The molecular formula is C32H31N5O2. The number of hydrogen-bond acceptors (Lipinski definition) is 3. The van der Waals surface area contributed by atoms with Crippen molar-refractivity contribution in [3.8, 4) is 17.3 Å². The van der Waals surface area contributed by atoms with Gasteiger partial charge in [-0.15, -0.1) is 0 Å². The molecule has 5 aromatic rings. The maximum absolute atomic E-state index is 13.9. The topological polar surface area (TPSA) is 64.3 Å². The summed E-state index contributed by atoms with van der Waals surface area (Å²) in [6.07, 6.45) is 2.82. The van der Waals surface area contributed by atoms with Crippen LogP contribution in [-0.4, -0.2) is 38.9 Å². The highest BCUT2D eigenvalue weighted by atomic mass is 16.5. The molecule has 2 aromatic heterocycles. The number of amides is 2. The average molecular weight is 518 g/mol. The van der Waals surface area contributed by atoms with Crippen LogP contribution in [0, 0.1) is 6.92 Å². The number of carbonyl (C=O) groups is 1. The van der Waals surface area contributed by atoms with Crippen molar-refractivity contribution in [1.82, 2.24) is 24.6 Å². The molecule has 0 saturated heterocycles. The van der Waals surface area contributed by atoms with Crippen LogP contribution in [-0.2, 0) is 13.0 Å². The Labute approximate surface area is 228 Å². The summed E-state index contributed by atoms with van der Waals surface area (Å²) >= 11 is 0. The van der Waals surface area contributed by atoms with Gasteiger partial charge in [-0.1, -0.05) is 60.7 Å². The molecule has 0 spiro atoms. The first-order valence-electron chi connectivity index (χ1n) is 13.2. The van der Waals surface area contributed by atoms with Crippen LogP contribution in [0.3, 0.4) is 0 Å². The van der Waals surface area contributed by atoms with Crippen molar-refractivity contribution in [3.05, 3.63) is 131 Å². The van der Waals surface area contributed by atoms with Crippen LogP contribution in [0.1, 0.15) is 34.1 Å². The lowest BCUT2D eigenvalue weighted by atomic mass is 10.0. The van der Waals surface area contributed by atoms with E-state index in [0.29, 0.717) is 13.1 Å². The Balaban J connectivity index is 1.43. The van der Waals surface area contributed by atoms with E-state index in [4.69, 9.17) is 9.84 Å². The molecule has 3 aromatic carbocycles. The highest BCUT2D eigenvalue weighted by Crippen LogP contribution is 2.38. The predicted octanol–water partition coefficient (Wildman–Crippen LogP) is 5.84. The van der Waals surface area contributed by atoms with Crippen molar-refractivity contribution in [1.29, 1.82) is 0 Å². The lowest BCUT2D eigenvalue weighted by Gasteiger charge is -2.31. The van der Waals surface area contributed by atoms with E-state index in [-0.39, 0.29) is 12.1 Å². The molecule has 3 heterocycles. The lowest BCUT2D eigenvalue weighted by molar-refractivity contribution is 0.180. The molecule has 1 atom stereocenters. The maximum atomic E-state index is 13.9. The summed E-state index contributed by atoms with van der Waals surface area (Å²) in [5, 5.41) is 8.11. The van der Waals surface area contributed by atoms with Crippen LogP contribution < -0.4 is 10.1 Å². The van der Waals surface area contributed by atoms with E-state index in [2.05, 4.69) is 46.4 Å². The number of urea groups is 1. The van der Waals surface area contributed by atoms with Crippen molar-refractivity contribution in [2.75, 3.05) is 13.7 Å². The number of hydrogen-bond donors (Lipinski definition) is 1. The van der Waals surface area contributed by atoms with Gasteiger partial charge < -0.3 is 19.5 Å². The van der Waals surface area contributed by atoms with Gasteiger partial charge in [0.25, 0.3) is 0 Å². The summed E-state index contributed by atoms with van der Waals surface area (Å²) < 4.78 is 9.57. The van der Waals surface area contributed by atoms with Crippen molar-refractivity contribution in [2.24, 2.45) is 0 Å². The van der Waals surface area contributed by atoms with Crippen LogP contribution in [0.4, 0.5) is 4.79 Å². The van der Waals surface area contributed by atoms with Crippen LogP contribution in [0.2, 0.25) is 0 Å². The summed E-state index contributed by atoms with van der Waals surface area (Å²) in [6.45, 7) is 2.98. The van der Waals surface area contributed by atoms with Gasteiger partial charge in [0.1, 0.15) is 11.6 Å². The average Bonchev–Trinajstić information content (AvgIpc) is 3.54. The quantitative estimate of drug-likeness (QED) is 0.308. The van der Waals surface area contributed by atoms with Crippen LogP contribution in [0.15, 0.2) is 103 Å². The summed E-state index contributed by atoms with van der Waals surface area (Å²) in [7, 11) is 1.66. The van der Waals surface area contributed by atoms with Gasteiger partial charge in [0, 0.05) is 18.3 Å². The molecule has 2 amide bonds. The number of nitrogens with zero attached hydrogens (tertiary/aromatic N) is 4. The Kier molecular flexibility index (Phi) is 6.63. The van der Waals surface area contributed by atoms with Gasteiger partial charge in [0.15, 0.2) is 0 Å². The number of ether oxygens (including phenoxy) is 1. The molecule has 196 valence electrons. The van der Waals surface area contributed by atoms with Crippen LogP contribution in [0.5, 0.6) is 5.75 Å². The van der Waals surface area contributed by atoms with Crippen LogP contribution in [0.25, 0.3) is 11.5 Å². The van der Waals surface area contributed by atoms with Crippen molar-refractivity contribution < 1.29 is 9.53 Å². The molecule has 0 unspecified atom stereocenters. The highest BCUT2D eigenvalue weighted by Gasteiger charge is 2.35. The number of nitrogens with one attached hydrogen (secondary N) is 1. The maximum Gasteiger partial charge on any atom is 0.318 e. The summed E-state index contributed by atoms with van der Waals surface area (Å²) in [5.74, 6) is 1.73. The van der Waals surface area contributed by atoms with Gasteiger partial charge in [0.2, 0.25) is 0 Å². The number of carbonyl (C=O) groups excluding carboxylic acids is 1. The molecule has 0 radical (unpaired) electrons. The molecule has 39 heavy (non-hydrogen) atoms. The third-order valence-electron chi connectivity index (χ3n) is 7.31. The van der Waals surface area contributed by atoms with Crippen molar-refractivity contribution >= 4 is 6.03 Å². The predicted molar refractivity (Wildman–Crippen MR) is 152 cm³/mol. The van der Waals surface area contributed by atoms with E-state index in [1.807, 2.05) is 83.2 Å². The summed E-state index contributed by atoms with van der Waals surface area (Å²) in [6, 6.07) is 32.0. The Morgan fingerprint density at radius 2 is 1.67 bits per heavy atom. The van der Waals surface area contributed by atoms with E-state index >= 15 is 0 Å². The number of fused-ring (bicyclic) bond motifs is 3. The lowest BCUT2D eigenvalue weighted by Crippen LogP contribution is -2.42. The first-order chi connectivity index (χ1) is 19.1. The zero-order valence-corrected chi connectivity index (χ0v) is 22.1. The standard InChI is InChI=1S/C32H31N5O2/c1-23-28-22-36(32(38)33-20-19-24-10-5-3-6-11-24)30(25-15-17-27(39-2)18-16-25)29-14-9-21-35(29)31(28)37(34-23)26-12-7-4-8-13-26/h3-18,21,30H,19-20,22H2,1-2H3,(H,33,38)/t30-/m0/s1. The first-order valence-corrected chi connectivity index (χ1v) is 13.2. The number of aromatic nitrogens is 3. The minimum Gasteiger partial charge on any atom is -0.497 e. The SMILES string of the molecule is COc1ccc([C@H]2c3cccn3-c3c(c(C)nn3-c3ccccc3)CN2C(=O)NCCc2ccccc2)cc1. The number of aryl methyl sites for hydroxylation is 1. The Bertz CT molecular complexity index is 1570. The molecule has 1 aliphatic heterocycles. The van der Waals surface area contributed by atoms with Gasteiger partial charge in [-0.25, -0.2) is 9.48 Å². The molecule has 7 nitrogen and oxygen atoms in total. The second-order valence-corrected chi connectivity index (χ2v) is 9.71. The van der Waals surface area contributed by atoms with Gasteiger partial charge in [-0.2, -0.15) is 5.10 Å². The van der Waals surface area contributed by atoms with Gasteiger partial charge in [-0.05, 0) is 60.9 Å². The molecular weight excluding hydrogens is 486 g/mol. The second kappa shape index (κ2) is 10.5. The van der Waals surface area contributed by atoms with Gasteiger partial charge >= 0.3 is 6.03 Å². The summed E-state index contributed by atoms with van der Waals surface area (Å²) in [4.78, 5) is 15.9. The van der Waals surface area contributed by atoms with E-state index in [9.17, 15) is 4.79 Å². The third-order valence-corrected chi connectivity index (χ3v) is 7.31. The smallest absolute Gasteiger partial charge is 0.318 e. The number of methoxy groups -OCH3 is 1. The van der Waals surface area contributed by atoms with E-state index in [0.717, 1.165) is 46.2 Å². The molecule has 0 fully saturated rings. The van der Waals surface area contributed by atoms with Crippen molar-refractivity contribution in [2.45, 2.75) is 25.9 Å². The normalized spacial score (nSPS) is 14.3. The fourth-order valence-electron chi connectivity index (χ4n) is 5.35. The molecule has 6 rings (SSSR count). The zero-order chi connectivity index (χ0) is 26.8. The molecule has 1 N–H and O–H groups in total. The fourth-order valence-corrected chi connectivity index (χ4v) is 5.35. The van der Waals surface area contributed by atoms with Gasteiger partial charge in [-0.3, -0.25) is 0 Å². The first kappa shape index (κ1) is 24.6. The molecule has 1 aliphatic rings. The monoisotopic (exact) mass is 517 g/mol. The zero-order valence-electron chi connectivity index (χ0n) is 22.1. The van der Waals surface area contributed by atoms with Crippen molar-refractivity contribution in [3.63, 3.8) is 0 Å². The molecule has 0 saturated carbocycles. The molecule has 0 aliphatic carbocycles. The van der Waals surface area contributed by atoms with Crippen LogP contribution >= 0.6 is 0 Å². The fraction of sp³-hybridized carbons (Fsp3) is 0.188. The number of benzene rings is 3. The minimum absolute atomic E-state index is 0.112.